The lowest BCUT2D eigenvalue weighted by Gasteiger charge is -2.29. The van der Waals surface area contributed by atoms with Crippen molar-refractivity contribution in [1.82, 2.24) is 0 Å². The molecule has 0 bridgehead atoms. The second kappa shape index (κ2) is 7.98. The van der Waals surface area contributed by atoms with Gasteiger partial charge in [-0.1, -0.05) is 33.6 Å². The molecule has 0 aromatic rings. The Morgan fingerprint density at radius 3 is 2.31 bits per heavy atom. The first-order valence-electron chi connectivity index (χ1n) is 5.62. The molecule has 0 rings (SSSR count). The zero-order valence-corrected chi connectivity index (χ0v) is 10.3. The Kier molecular flexibility index (Phi) is 7.36. The van der Waals surface area contributed by atoms with E-state index in [2.05, 4.69) is 30.8 Å². The summed E-state index contributed by atoms with van der Waals surface area (Å²) in [5, 5.41) is 0. The third-order valence-electron chi connectivity index (χ3n) is 3.11. The van der Waals surface area contributed by atoms with Crippen molar-refractivity contribution in [1.29, 1.82) is 0 Å². The van der Waals surface area contributed by atoms with Gasteiger partial charge < -0.3 is 0 Å². The number of rotatable bonds is 8. The van der Waals surface area contributed by atoms with E-state index in [9.17, 15) is 9.59 Å². The monoisotopic (exact) mass is 224 g/mol. The summed E-state index contributed by atoms with van der Waals surface area (Å²) in [5.41, 5.74) is 0.0192. The molecule has 0 aliphatic heterocycles. The smallest absolute Gasteiger partial charge is 0.211 e. The van der Waals surface area contributed by atoms with E-state index in [1.807, 2.05) is 0 Å². The van der Waals surface area contributed by atoms with Crippen molar-refractivity contribution in [2.45, 2.75) is 40.0 Å². The van der Waals surface area contributed by atoms with Gasteiger partial charge in [-0.25, -0.2) is 19.6 Å². The fourth-order valence-electron chi connectivity index (χ4n) is 1.47. The fourth-order valence-corrected chi connectivity index (χ4v) is 1.47. The lowest BCUT2D eigenvalue weighted by Crippen LogP contribution is -2.25. The van der Waals surface area contributed by atoms with E-state index in [1.165, 1.54) is 6.08 Å². The summed E-state index contributed by atoms with van der Waals surface area (Å²) in [6, 6.07) is 0. The molecular formula is C12H20N2O2. The van der Waals surface area contributed by atoms with Crippen LogP contribution in [0.5, 0.6) is 0 Å². The van der Waals surface area contributed by atoms with Crippen LogP contribution in [-0.2, 0) is 9.59 Å². The Morgan fingerprint density at radius 1 is 1.12 bits per heavy atom. The minimum Gasteiger partial charge on any atom is -0.211 e. The van der Waals surface area contributed by atoms with Crippen molar-refractivity contribution < 1.29 is 9.59 Å². The first-order valence-corrected chi connectivity index (χ1v) is 5.62. The van der Waals surface area contributed by atoms with E-state index in [0.29, 0.717) is 19.0 Å². The summed E-state index contributed by atoms with van der Waals surface area (Å²) in [6.07, 6.45) is 6.10. The van der Waals surface area contributed by atoms with E-state index in [0.717, 1.165) is 19.3 Å². The van der Waals surface area contributed by atoms with Gasteiger partial charge in [0.25, 0.3) is 0 Å². The van der Waals surface area contributed by atoms with Crippen LogP contribution in [0.4, 0.5) is 0 Å². The highest BCUT2D eigenvalue weighted by Gasteiger charge is 2.24. The molecule has 16 heavy (non-hydrogen) atoms. The average Bonchev–Trinajstić information content (AvgIpc) is 2.26. The minimum absolute atomic E-state index is 0.0192. The summed E-state index contributed by atoms with van der Waals surface area (Å²) in [6.45, 7) is 7.43. The Morgan fingerprint density at radius 2 is 1.75 bits per heavy atom. The van der Waals surface area contributed by atoms with E-state index < -0.39 is 0 Å². The van der Waals surface area contributed by atoms with Crippen molar-refractivity contribution in [2.24, 2.45) is 21.3 Å². The van der Waals surface area contributed by atoms with Gasteiger partial charge in [0.15, 0.2) is 0 Å². The molecule has 0 aliphatic rings. The van der Waals surface area contributed by atoms with Crippen molar-refractivity contribution in [3.05, 3.63) is 0 Å². The number of aliphatic imine (C=N–C) groups is 2. The van der Waals surface area contributed by atoms with Gasteiger partial charge in [-0.05, 0) is 17.8 Å². The van der Waals surface area contributed by atoms with Crippen molar-refractivity contribution in [3.63, 3.8) is 0 Å². The number of hydrogen-bond donors (Lipinski definition) is 0. The summed E-state index contributed by atoms with van der Waals surface area (Å²) in [7, 11) is 0. The second-order valence-electron chi connectivity index (χ2n) is 4.77. The molecular weight excluding hydrogens is 204 g/mol. The van der Waals surface area contributed by atoms with Crippen LogP contribution in [0.3, 0.4) is 0 Å². The van der Waals surface area contributed by atoms with Crippen molar-refractivity contribution in [3.8, 4) is 0 Å². The molecule has 0 amide bonds. The van der Waals surface area contributed by atoms with Crippen LogP contribution in [0.2, 0.25) is 0 Å². The molecule has 0 radical (unpaired) electrons. The predicted octanol–water partition coefficient (Wildman–Crippen LogP) is 2.49. The van der Waals surface area contributed by atoms with Gasteiger partial charge in [-0.2, -0.15) is 0 Å². The highest BCUT2D eigenvalue weighted by Crippen LogP contribution is 2.30. The molecule has 0 heterocycles. The predicted molar refractivity (Wildman–Crippen MR) is 62.8 cm³/mol. The largest absolute Gasteiger partial charge is 0.234 e. The molecule has 0 aromatic carbocycles. The van der Waals surface area contributed by atoms with Gasteiger partial charge in [0.05, 0.1) is 13.1 Å². The maximum atomic E-state index is 10.1. The number of nitrogens with zero attached hydrogens (tertiary/aromatic N) is 2. The van der Waals surface area contributed by atoms with Gasteiger partial charge >= 0.3 is 0 Å². The lowest BCUT2D eigenvalue weighted by molar-refractivity contribution is 0.224. The second-order valence-corrected chi connectivity index (χ2v) is 4.77. The molecule has 0 saturated heterocycles. The Balaban J connectivity index is 3.89. The van der Waals surface area contributed by atoms with Crippen molar-refractivity contribution in [2.75, 3.05) is 13.1 Å². The van der Waals surface area contributed by atoms with Crippen LogP contribution >= 0.6 is 0 Å². The quantitative estimate of drug-likeness (QED) is 0.361. The highest BCUT2D eigenvalue weighted by molar-refractivity contribution is 5.33. The van der Waals surface area contributed by atoms with Gasteiger partial charge in [0, 0.05) is 0 Å². The molecule has 90 valence electrons. The molecule has 0 spiro atoms. The lowest BCUT2D eigenvalue weighted by atomic mass is 9.77. The third-order valence-corrected chi connectivity index (χ3v) is 3.11. The molecule has 1 atom stereocenters. The van der Waals surface area contributed by atoms with Crippen LogP contribution in [0, 0.1) is 11.3 Å². The van der Waals surface area contributed by atoms with Crippen LogP contribution < -0.4 is 0 Å². The zero-order valence-electron chi connectivity index (χ0n) is 10.3. The van der Waals surface area contributed by atoms with Crippen LogP contribution in [0.15, 0.2) is 9.98 Å². The normalized spacial score (nSPS) is 12.4. The Bertz CT molecular complexity index is 287. The number of isocyanates is 2. The van der Waals surface area contributed by atoms with Crippen LogP contribution in [0.25, 0.3) is 0 Å². The molecule has 0 fully saturated rings. The number of carbonyl (C=O) groups excluding carboxylic acids is 2. The standard InChI is InChI=1S/C12H20N2O2/c1-11(6-4-5-7-13-9-15)12(2,3)8-14-10-16/h11H,4-8H2,1-3H3. The summed E-state index contributed by atoms with van der Waals surface area (Å²) in [4.78, 5) is 27.1. The maximum absolute atomic E-state index is 10.1. The Labute approximate surface area is 96.9 Å². The maximum Gasteiger partial charge on any atom is 0.234 e. The zero-order chi connectivity index (χ0) is 12.4. The first-order chi connectivity index (χ1) is 7.54. The van der Waals surface area contributed by atoms with Crippen LogP contribution in [-0.4, -0.2) is 25.2 Å². The van der Waals surface area contributed by atoms with E-state index >= 15 is 0 Å². The first kappa shape index (κ1) is 14.8. The summed E-state index contributed by atoms with van der Waals surface area (Å²) in [5.74, 6) is 0.477. The molecule has 4 heteroatoms. The highest BCUT2D eigenvalue weighted by atomic mass is 16.1. The van der Waals surface area contributed by atoms with E-state index in [4.69, 9.17) is 0 Å². The minimum atomic E-state index is 0.0192. The number of hydrogen-bond acceptors (Lipinski definition) is 4. The van der Waals surface area contributed by atoms with Gasteiger partial charge in [-0.15, -0.1) is 0 Å². The van der Waals surface area contributed by atoms with Gasteiger partial charge in [0.1, 0.15) is 0 Å². The van der Waals surface area contributed by atoms with Crippen LogP contribution in [0.1, 0.15) is 40.0 Å². The van der Waals surface area contributed by atoms with Crippen molar-refractivity contribution >= 4 is 12.2 Å². The molecule has 0 aromatic heterocycles. The number of unbranched alkanes of at least 4 members (excludes halogenated alkanes) is 1. The topological polar surface area (TPSA) is 58.9 Å². The molecule has 1 unspecified atom stereocenters. The average molecular weight is 224 g/mol. The van der Waals surface area contributed by atoms with E-state index in [-0.39, 0.29) is 5.41 Å². The van der Waals surface area contributed by atoms with E-state index in [1.54, 1.807) is 6.08 Å². The Hall–Kier alpha value is -1.24. The van der Waals surface area contributed by atoms with Gasteiger partial charge in [0.2, 0.25) is 12.2 Å². The summed E-state index contributed by atoms with van der Waals surface area (Å²) < 4.78 is 0. The third kappa shape index (κ3) is 6.28. The molecule has 4 nitrogen and oxygen atoms in total. The SMILES string of the molecule is CC(CCCCN=C=O)C(C)(C)CN=C=O. The molecule has 0 saturated carbocycles. The molecule has 0 N–H and O–H groups in total. The molecule has 0 aliphatic carbocycles. The fraction of sp³-hybridized carbons (Fsp3) is 0.833. The summed E-state index contributed by atoms with van der Waals surface area (Å²) >= 11 is 0. The van der Waals surface area contributed by atoms with Gasteiger partial charge in [-0.3, -0.25) is 0 Å².